The molecule has 108 valence electrons. The van der Waals surface area contributed by atoms with E-state index in [1.54, 1.807) is 10.9 Å². The highest BCUT2D eigenvalue weighted by Crippen LogP contribution is 2.26. The number of aromatic nitrogens is 2. The van der Waals surface area contributed by atoms with Crippen LogP contribution in [0.1, 0.15) is 32.6 Å². The number of hydrogen-bond donors (Lipinski definition) is 2. The number of aliphatic hydroxyl groups is 1. The molecular weight excluding hydrogens is 242 g/mol. The minimum atomic E-state index is -0.477. The van der Waals surface area contributed by atoms with E-state index in [-0.39, 0.29) is 0 Å². The molecule has 0 aromatic carbocycles. The van der Waals surface area contributed by atoms with Crippen LogP contribution in [-0.4, -0.2) is 40.2 Å². The lowest BCUT2D eigenvalue weighted by molar-refractivity contribution is -0.0424. The molecule has 5 heteroatoms. The first kappa shape index (κ1) is 14.3. The molecule has 0 amide bonds. The van der Waals surface area contributed by atoms with E-state index >= 15 is 0 Å². The molecule has 0 saturated heterocycles. The zero-order valence-corrected chi connectivity index (χ0v) is 11.9. The van der Waals surface area contributed by atoms with Gasteiger partial charge in [-0.3, -0.25) is 4.68 Å². The zero-order valence-electron chi connectivity index (χ0n) is 11.9. The van der Waals surface area contributed by atoms with E-state index in [1.165, 1.54) is 19.3 Å². The van der Waals surface area contributed by atoms with Crippen molar-refractivity contribution >= 4 is 5.69 Å². The maximum Gasteiger partial charge on any atom is 0.0945 e. The summed E-state index contributed by atoms with van der Waals surface area (Å²) < 4.78 is 7.57. The second-order valence-corrected chi connectivity index (χ2v) is 5.57. The monoisotopic (exact) mass is 267 g/mol. The van der Waals surface area contributed by atoms with Crippen LogP contribution >= 0.6 is 0 Å². The third kappa shape index (κ3) is 4.51. The average Bonchev–Trinajstić information content (AvgIpc) is 2.81. The maximum absolute atomic E-state index is 9.92. The summed E-state index contributed by atoms with van der Waals surface area (Å²) in [5.74, 6) is 0.618. The molecule has 2 N–H and O–H groups in total. The van der Waals surface area contributed by atoms with E-state index < -0.39 is 6.10 Å². The van der Waals surface area contributed by atoms with E-state index in [1.807, 2.05) is 13.2 Å². The van der Waals surface area contributed by atoms with E-state index in [0.717, 1.165) is 12.1 Å². The Kier molecular flexibility index (Phi) is 5.22. The smallest absolute Gasteiger partial charge is 0.0945 e. The van der Waals surface area contributed by atoms with E-state index in [0.29, 0.717) is 25.2 Å². The van der Waals surface area contributed by atoms with Gasteiger partial charge in [0, 0.05) is 19.8 Å². The fraction of sp³-hybridized carbons (Fsp3) is 0.786. The van der Waals surface area contributed by atoms with Crippen LogP contribution in [0.2, 0.25) is 0 Å². The van der Waals surface area contributed by atoms with Gasteiger partial charge in [-0.25, -0.2) is 0 Å². The van der Waals surface area contributed by atoms with Gasteiger partial charge in [0.1, 0.15) is 0 Å². The first-order valence-corrected chi connectivity index (χ1v) is 7.17. The van der Waals surface area contributed by atoms with Gasteiger partial charge < -0.3 is 15.2 Å². The van der Waals surface area contributed by atoms with Crippen LogP contribution in [-0.2, 0) is 11.8 Å². The second-order valence-electron chi connectivity index (χ2n) is 5.57. The molecule has 1 fully saturated rings. The van der Waals surface area contributed by atoms with Crippen LogP contribution in [0.25, 0.3) is 0 Å². The van der Waals surface area contributed by atoms with E-state index in [2.05, 4.69) is 17.3 Å². The molecule has 2 rings (SSSR count). The van der Waals surface area contributed by atoms with Crippen molar-refractivity contribution in [3.63, 3.8) is 0 Å². The fourth-order valence-corrected chi connectivity index (χ4v) is 2.57. The van der Waals surface area contributed by atoms with Crippen LogP contribution < -0.4 is 5.32 Å². The van der Waals surface area contributed by atoms with Gasteiger partial charge in [0.25, 0.3) is 0 Å². The number of rotatable bonds is 6. The number of nitrogens with zero attached hydrogens (tertiary/aromatic N) is 2. The molecule has 3 unspecified atom stereocenters. The van der Waals surface area contributed by atoms with Gasteiger partial charge in [-0.05, 0) is 18.8 Å². The third-order valence-corrected chi connectivity index (χ3v) is 3.78. The highest BCUT2D eigenvalue weighted by atomic mass is 16.5. The van der Waals surface area contributed by atoms with Crippen molar-refractivity contribution < 1.29 is 9.84 Å². The number of ether oxygens (including phenoxy) is 1. The molecule has 5 nitrogen and oxygen atoms in total. The fourth-order valence-electron chi connectivity index (χ4n) is 2.57. The molecule has 1 aromatic heterocycles. The van der Waals surface area contributed by atoms with Crippen LogP contribution in [0.15, 0.2) is 12.4 Å². The summed E-state index contributed by atoms with van der Waals surface area (Å²) >= 11 is 0. The summed E-state index contributed by atoms with van der Waals surface area (Å²) in [5, 5.41) is 17.1. The highest BCUT2D eigenvalue weighted by molar-refractivity contribution is 5.37. The van der Waals surface area contributed by atoms with Crippen LogP contribution in [0.4, 0.5) is 5.69 Å². The Morgan fingerprint density at radius 3 is 3.00 bits per heavy atom. The molecular formula is C14H25N3O2. The van der Waals surface area contributed by atoms with Gasteiger partial charge >= 0.3 is 0 Å². The number of anilines is 1. The lowest BCUT2D eigenvalue weighted by Crippen LogP contribution is -2.32. The van der Waals surface area contributed by atoms with Gasteiger partial charge in [-0.1, -0.05) is 19.8 Å². The predicted octanol–water partition coefficient (Wildman–Crippen LogP) is 1.79. The topological polar surface area (TPSA) is 59.3 Å². The highest BCUT2D eigenvalue weighted by Gasteiger charge is 2.22. The Hall–Kier alpha value is -1.07. The molecule has 1 aliphatic rings. The number of hydrogen-bond acceptors (Lipinski definition) is 4. The minimum absolute atomic E-state index is 0.321. The lowest BCUT2D eigenvalue weighted by atomic mass is 9.88. The van der Waals surface area contributed by atoms with Gasteiger partial charge in [0.2, 0.25) is 0 Å². The van der Waals surface area contributed by atoms with E-state index in [9.17, 15) is 5.11 Å². The minimum Gasteiger partial charge on any atom is -0.389 e. The molecule has 1 aromatic rings. The van der Waals surface area contributed by atoms with Crippen molar-refractivity contribution in [3.05, 3.63) is 12.4 Å². The molecule has 1 heterocycles. The molecule has 0 radical (unpaired) electrons. The first-order valence-electron chi connectivity index (χ1n) is 7.17. The summed E-state index contributed by atoms with van der Waals surface area (Å²) in [5.41, 5.74) is 0.924. The van der Waals surface area contributed by atoms with Crippen molar-refractivity contribution in [1.82, 2.24) is 9.78 Å². The maximum atomic E-state index is 9.92. The quantitative estimate of drug-likeness (QED) is 0.825. The number of aryl methyl sites for hydroxylation is 1. The Bertz CT molecular complexity index is 381. The Labute approximate surface area is 115 Å². The largest absolute Gasteiger partial charge is 0.389 e. The summed E-state index contributed by atoms with van der Waals surface area (Å²) in [6, 6.07) is 0. The van der Waals surface area contributed by atoms with Crippen molar-refractivity contribution in [2.24, 2.45) is 13.0 Å². The zero-order chi connectivity index (χ0) is 13.7. The summed E-state index contributed by atoms with van der Waals surface area (Å²) in [6.45, 7) is 3.14. The summed E-state index contributed by atoms with van der Waals surface area (Å²) in [4.78, 5) is 0. The SMILES string of the molecule is CC1CCCCC1OCC(O)CNc1cnn(C)c1. The Morgan fingerprint density at radius 2 is 2.32 bits per heavy atom. The van der Waals surface area contributed by atoms with Gasteiger partial charge in [0.05, 0.1) is 30.7 Å². The molecule has 1 aliphatic carbocycles. The lowest BCUT2D eigenvalue weighted by Gasteiger charge is -2.29. The first-order chi connectivity index (χ1) is 9.15. The standard InChI is InChI=1S/C14H25N3O2/c1-11-5-3-4-6-14(11)19-10-13(18)8-15-12-7-16-17(2)9-12/h7,9,11,13-15,18H,3-6,8,10H2,1-2H3. The predicted molar refractivity (Wildman–Crippen MR) is 75.1 cm³/mol. The van der Waals surface area contributed by atoms with Crippen LogP contribution in [0.3, 0.4) is 0 Å². The molecule has 1 saturated carbocycles. The second kappa shape index (κ2) is 6.91. The van der Waals surface area contributed by atoms with Gasteiger partial charge in [-0.2, -0.15) is 5.10 Å². The number of aliphatic hydroxyl groups excluding tert-OH is 1. The summed E-state index contributed by atoms with van der Waals surface area (Å²) in [6.07, 6.45) is 8.41. The van der Waals surface area contributed by atoms with Crippen molar-refractivity contribution in [2.45, 2.75) is 44.8 Å². The molecule has 0 aliphatic heterocycles. The summed E-state index contributed by atoms with van der Waals surface area (Å²) in [7, 11) is 1.87. The van der Waals surface area contributed by atoms with Crippen molar-refractivity contribution in [2.75, 3.05) is 18.5 Å². The van der Waals surface area contributed by atoms with Crippen molar-refractivity contribution in [3.8, 4) is 0 Å². The normalized spacial score (nSPS) is 25.2. The van der Waals surface area contributed by atoms with Crippen molar-refractivity contribution in [1.29, 1.82) is 0 Å². The Morgan fingerprint density at radius 1 is 1.53 bits per heavy atom. The van der Waals surface area contributed by atoms with E-state index in [4.69, 9.17) is 4.74 Å². The van der Waals surface area contributed by atoms with Crippen LogP contribution in [0.5, 0.6) is 0 Å². The van der Waals surface area contributed by atoms with Gasteiger partial charge in [-0.15, -0.1) is 0 Å². The Balaban J connectivity index is 1.65. The molecule has 19 heavy (non-hydrogen) atoms. The van der Waals surface area contributed by atoms with Gasteiger partial charge in [0.15, 0.2) is 0 Å². The van der Waals surface area contributed by atoms with Crippen LogP contribution in [0, 0.1) is 5.92 Å². The molecule has 0 spiro atoms. The molecule has 0 bridgehead atoms. The third-order valence-electron chi connectivity index (χ3n) is 3.78. The average molecular weight is 267 g/mol. The molecule has 3 atom stereocenters. The number of nitrogens with one attached hydrogen (secondary N) is 1.